The third-order valence-electron chi connectivity index (χ3n) is 2.02. The van der Waals surface area contributed by atoms with Gasteiger partial charge in [0.05, 0.1) is 18.9 Å². The first-order valence-electron chi connectivity index (χ1n) is 5.40. The van der Waals surface area contributed by atoms with Gasteiger partial charge in [-0.25, -0.2) is 9.97 Å². The maximum Gasteiger partial charge on any atom is 0.146 e. The van der Waals surface area contributed by atoms with Crippen molar-refractivity contribution in [3.63, 3.8) is 0 Å². The van der Waals surface area contributed by atoms with Crippen LogP contribution in [-0.4, -0.2) is 32.2 Å². The number of nitrogens with two attached hydrogens (primary N) is 2. The minimum atomic E-state index is 0.517. The number of nitrogens with zero attached hydrogens (tertiary/aromatic N) is 4. The van der Waals surface area contributed by atoms with E-state index >= 15 is 0 Å². The summed E-state index contributed by atoms with van der Waals surface area (Å²) in [5.41, 5.74) is 10.6. The summed E-state index contributed by atoms with van der Waals surface area (Å²) >= 11 is 11.2. The first kappa shape index (κ1) is 15.0. The lowest BCUT2D eigenvalue weighted by Crippen LogP contribution is -2.08. The van der Waals surface area contributed by atoms with Crippen molar-refractivity contribution in [3.05, 3.63) is 35.4 Å². The number of aromatic nitrogens is 4. The van der Waals surface area contributed by atoms with Gasteiger partial charge in [-0.05, 0) is 0 Å². The van der Waals surface area contributed by atoms with Gasteiger partial charge in [-0.2, -0.15) is 0 Å². The highest BCUT2D eigenvalue weighted by Gasteiger charge is 1.93. The Morgan fingerprint density at radius 2 is 1.83 bits per heavy atom. The van der Waals surface area contributed by atoms with Crippen molar-refractivity contribution in [2.24, 2.45) is 11.5 Å². The van der Waals surface area contributed by atoms with Crippen LogP contribution in [0.2, 0.25) is 10.3 Å². The molecule has 18 heavy (non-hydrogen) atoms. The number of rotatable bonds is 4. The molecule has 0 bridgehead atoms. The molecule has 0 unspecified atom stereocenters. The highest BCUT2D eigenvalue weighted by molar-refractivity contribution is 6.29. The largest absolute Gasteiger partial charge is 0.335 e. The van der Waals surface area contributed by atoms with E-state index in [4.69, 9.17) is 34.7 Å². The maximum atomic E-state index is 5.66. The monoisotopic (exact) mass is 290 g/mol. The van der Waals surface area contributed by atoms with Gasteiger partial charge in [0.25, 0.3) is 0 Å². The van der Waals surface area contributed by atoms with Gasteiger partial charge in [0.1, 0.15) is 10.3 Å². The van der Waals surface area contributed by atoms with E-state index in [0.29, 0.717) is 23.4 Å². The molecule has 2 aromatic rings. The fourth-order valence-corrected chi connectivity index (χ4v) is 1.57. The van der Waals surface area contributed by atoms with Crippen molar-refractivity contribution < 1.29 is 0 Å². The predicted molar refractivity (Wildman–Crippen MR) is 72.6 cm³/mol. The third-order valence-corrected chi connectivity index (χ3v) is 2.53. The van der Waals surface area contributed by atoms with E-state index in [1.54, 1.807) is 29.6 Å². The molecule has 0 spiro atoms. The molecule has 0 aromatic carbocycles. The quantitative estimate of drug-likeness (QED) is 0.879. The summed E-state index contributed by atoms with van der Waals surface area (Å²) in [6, 6.07) is 0. The highest BCUT2D eigenvalue weighted by atomic mass is 35.5. The summed E-state index contributed by atoms with van der Waals surface area (Å²) in [5.74, 6) is 0. The average Bonchev–Trinajstić information content (AvgIpc) is 2.91. The summed E-state index contributed by atoms with van der Waals surface area (Å²) in [6.45, 7) is 2.72. The average molecular weight is 291 g/mol. The standard InChI is InChI=1S/2C5H8ClN3/c6-5-3-9(2-1-7)4-8-5;6-5-3-8-4-9(5)2-1-7/h2*3-4H,1-2,7H2. The van der Waals surface area contributed by atoms with Crippen LogP contribution in [0, 0.1) is 0 Å². The van der Waals surface area contributed by atoms with Crippen LogP contribution in [0.3, 0.4) is 0 Å². The SMILES string of the molecule is NCCn1cnc(Cl)c1.NCCn1cncc1Cl. The van der Waals surface area contributed by atoms with Crippen LogP contribution in [0.4, 0.5) is 0 Å². The molecule has 0 saturated heterocycles. The number of imidazole rings is 2. The van der Waals surface area contributed by atoms with Gasteiger partial charge < -0.3 is 20.6 Å². The zero-order valence-electron chi connectivity index (χ0n) is 9.84. The second-order valence-electron chi connectivity index (χ2n) is 3.42. The van der Waals surface area contributed by atoms with E-state index < -0.39 is 0 Å². The van der Waals surface area contributed by atoms with Crippen LogP contribution in [0.1, 0.15) is 0 Å². The zero-order chi connectivity index (χ0) is 13.4. The van der Waals surface area contributed by atoms with Crippen molar-refractivity contribution in [1.29, 1.82) is 0 Å². The van der Waals surface area contributed by atoms with E-state index in [1.807, 2.05) is 4.57 Å². The molecular weight excluding hydrogens is 275 g/mol. The molecule has 4 N–H and O–H groups in total. The van der Waals surface area contributed by atoms with E-state index in [9.17, 15) is 0 Å². The van der Waals surface area contributed by atoms with E-state index in [0.717, 1.165) is 13.1 Å². The molecule has 0 amide bonds. The molecule has 0 radical (unpaired) electrons. The van der Waals surface area contributed by atoms with E-state index in [1.165, 1.54) is 0 Å². The van der Waals surface area contributed by atoms with Gasteiger partial charge in [-0.3, -0.25) is 0 Å². The lowest BCUT2D eigenvalue weighted by Gasteiger charge is -1.97. The van der Waals surface area contributed by atoms with Crippen molar-refractivity contribution >= 4 is 23.2 Å². The molecule has 0 aliphatic carbocycles. The molecule has 0 fully saturated rings. The first-order valence-corrected chi connectivity index (χ1v) is 6.16. The summed E-state index contributed by atoms with van der Waals surface area (Å²) in [5, 5.41) is 1.16. The van der Waals surface area contributed by atoms with Crippen LogP contribution in [0.5, 0.6) is 0 Å². The molecule has 2 rings (SSSR count). The highest BCUT2D eigenvalue weighted by Crippen LogP contribution is 2.04. The number of halogens is 2. The van der Waals surface area contributed by atoms with Crippen LogP contribution < -0.4 is 11.5 Å². The van der Waals surface area contributed by atoms with Gasteiger partial charge in [-0.15, -0.1) is 0 Å². The normalized spacial score (nSPS) is 10.0. The lowest BCUT2D eigenvalue weighted by molar-refractivity contribution is 0.708. The van der Waals surface area contributed by atoms with Gasteiger partial charge in [0, 0.05) is 32.4 Å². The van der Waals surface area contributed by atoms with E-state index in [2.05, 4.69) is 9.97 Å². The van der Waals surface area contributed by atoms with Crippen molar-refractivity contribution in [2.45, 2.75) is 13.1 Å². The Morgan fingerprint density at radius 1 is 1.11 bits per heavy atom. The molecule has 0 saturated carbocycles. The van der Waals surface area contributed by atoms with E-state index in [-0.39, 0.29) is 0 Å². The molecule has 8 heteroatoms. The molecule has 100 valence electrons. The number of hydrogen-bond donors (Lipinski definition) is 2. The van der Waals surface area contributed by atoms with Gasteiger partial charge in [0.15, 0.2) is 0 Å². The maximum absolute atomic E-state index is 5.66. The van der Waals surface area contributed by atoms with Gasteiger partial charge in [0.2, 0.25) is 0 Å². The van der Waals surface area contributed by atoms with Crippen molar-refractivity contribution in [2.75, 3.05) is 13.1 Å². The van der Waals surface area contributed by atoms with Gasteiger partial charge >= 0.3 is 0 Å². The van der Waals surface area contributed by atoms with Crippen molar-refractivity contribution in [3.8, 4) is 0 Å². The predicted octanol–water partition coefficient (Wildman–Crippen LogP) is 0.990. The van der Waals surface area contributed by atoms with Gasteiger partial charge in [-0.1, -0.05) is 23.2 Å². The van der Waals surface area contributed by atoms with Crippen LogP contribution in [0.25, 0.3) is 0 Å². The second kappa shape index (κ2) is 8.10. The van der Waals surface area contributed by atoms with Crippen LogP contribution in [-0.2, 0) is 13.1 Å². The Kier molecular flexibility index (Phi) is 6.74. The molecular formula is C10H16Cl2N6. The Balaban J connectivity index is 0.000000180. The zero-order valence-corrected chi connectivity index (χ0v) is 11.3. The lowest BCUT2D eigenvalue weighted by atomic mass is 10.6. The minimum absolute atomic E-state index is 0.517. The first-order chi connectivity index (χ1) is 8.67. The molecule has 6 nitrogen and oxygen atoms in total. The molecule has 2 aromatic heterocycles. The fourth-order valence-electron chi connectivity index (χ4n) is 1.21. The second-order valence-corrected chi connectivity index (χ2v) is 4.20. The van der Waals surface area contributed by atoms with Crippen LogP contribution >= 0.6 is 23.2 Å². The third kappa shape index (κ3) is 5.05. The Bertz CT molecular complexity index is 453. The summed E-state index contributed by atoms with van der Waals surface area (Å²) in [7, 11) is 0. The Labute approximate surface area is 116 Å². The fraction of sp³-hybridized carbons (Fsp3) is 0.400. The van der Waals surface area contributed by atoms with Crippen LogP contribution in [0.15, 0.2) is 25.0 Å². The molecule has 0 aliphatic heterocycles. The smallest absolute Gasteiger partial charge is 0.146 e. The number of hydrogen-bond acceptors (Lipinski definition) is 4. The summed E-state index contributed by atoms with van der Waals surface area (Å²) in [4.78, 5) is 7.62. The molecule has 0 atom stereocenters. The Morgan fingerprint density at radius 3 is 2.28 bits per heavy atom. The molecule has 2 heterocycles. The summed E-state index contributed by atoms with van der Waals surface area (Å²) < 4.78 is 3.64. The summed E-state index contributed by atoms with van der Waals surface area (Å²) in [6.07, 6.45) is 6.66. The minimum Gasteiger partial charge on any atom is -0.335 e. The topological polar surface area (TPSA) is 87.7 Å². The Hall–Kier alpha value is -1.08. The van der Waals surface area contributed by atoms with Crippen molar-refractivity contribution in [1.82, 2.24) is 19.1 Å². The molecule has 0 aliphatic rings.